The van der Waals surface area contributed by atoms with Crippen LogP contribution in [0.2, 0.25) is 0 Å². The highest BCUT2D eigenvalue weighted by atomic mass is 15.2. The minimum absolute atomic E-state index is 0.861. The first-order valence-corrected chi connectivity index (χ1v) is 4.81. The Morgan fingerprint density at radius 1 is 1.36 bits per heavy atom. The molecule has 64 valence electrons. The van der Waals surface area contributed by atoms with Gasteiger partial charge in [-0.2, -0.15) is 0 Å². The molecule has 0 spiro atoms. The Bertz CT molecular complexity index is 130. The molecule has 0 aromatic carbocycles. The van der Waals surface area contributed by atoms with E-state index in [-0.39, 0.29) is 0 Å². The van der Waals surface area contributed by atoms with E-state index in [2.05, 4.69) is 17.1 Å². The molecule has 0 saturated carbocycles. The van der Waals surface area contributed by atoms with Crippen LogP contribution < -0.4 is 5.32 Å². The van der Waals surface area contributed by atoms with E-state index in [1.807, 2.05) is 0 Å². The van der Waals surface area contributed by atoms with Crippen LogP contribution in [0.3, 0.4) is 0 Å². The first-order chi connectivity index (χ1) is 5.36. The van der Waals surface area contributed by atoms with Gasteiger partial charge in [-0.3, -0.25) is 4.90 Å². The van der Waals surface area contributed by atoms with Crippen LogP contribution in [0.25, 0.3) is 0 Å². The summed E-state index contributed by atoms with van der Waals surface area (Å²) in [6.07, 6.45) is 2.78. The van der Waals surface area contributed by atoms with Crippen LogP contribution in [0.5, 0.6) is 0 Å². The van der Waals surface area contributed by atoms with Crippen LogP contribution in [-0.4, -0.2) is 37.1 Å². The van der Waals surface area contributed by atoms with Gasteiger partial charge in [-0.15, -0.1) is 0 Å². The topological polar surface area (TPSA) is 15.3 Å². The minimum Gasteiger partial charge on any atom is -0.315 e. The second kappa shape index (κ2) is 3.11. The van der Waals surface area contributed by atoms with Crippen molar-refractivity contribution in [1.82, 2.24) is 10.2 Å². The molecule has 0 aromatic rings. The summed E-state index contributed by atoms with van der Waals surface area (Å²) in [7, 11) is 0. The van der Waals surface area contributed by atoms with Gasteiger partial charge in [-0.25, -0.2) is 0 Å². The fourth-order valence-electron chi connectivity index (χ4n) is 2.25. The third kappa shape index (κ3) is 1.57. The largest absolute Gasteiger partial charge is 0.315 e. The van der Waals surface area contributed by atoms with E-state index in [0.29, 0.717) is 0 Å². The number of hydrogen-bond donors (Lipinski definition) is 1. The maximum atomic E-state index is 3.42. The van der Waals surface area contributed by atoms with Crippen LogP contribution in [0.4, 0.5) is 0 Å². The minimum atomic E-state index is 0.861. The lowest BCUT2D eigenvalue weighted by atomic mass is 10.2. The van der Waals surface area contributed by atoms with Gasteiger partial charge in [0, 0.05) is 19.1 Å². The molecule has 0 amide bonds. The third-order valence-electron chi connectivity index (χ3n) is 3.01. The summed E-state index contributed by atoms with van der Waals surface area (Å²) in [5.74, 6) is 0.940. The molecule has 2 fully saturated rings. The summed E-state index contributed by atoms with van der Waals surface area (Å²) in [4.78, 5) is 2.66. The summed E-state index contributed by atoms with van der Waals surface area (Å²) < 4.78 is 0. The molecule has 2 heterocycles. The highest BCUT2D eigenvalue weighted by molar-refractivity contribution is 4.84. The molecule has 0 aromatic heterocycles. The van der Waals surface area contributed by atoms with Gasteiger partial charge in [0.1, 0.15) is 0 Å². The molecule has 2 saturated heterocycles. The average molecular weight is 154 g/mol. The normalized spacial score (nSPS) is 40.1. The van der Waals surface area contributed by atoms with Gasteiger partial charge in [0.2, 0.25) is 0 Å². The quantitative estimate of drug-likeness (QED) is 0.598. The summed E-state index contributed by atoms with van der Waals surface area (Å²) in [6.45, 7) is 7.50. The van der Waals surface area contributed by atoms with Crippen molar-refractivity contribution in [2.24, 2.45) is 5.92 Å². The SMILES string of the molecule is C[C@H]1CCN([C@@H]2CCNC2)C1. The van der Waals surface area contributed by atoms with E-state index in [4.69, 9.17) is 0 Å². The van der Waals surface area contributed by atoms with E-state index in [0.717, 1.165) is 12.0 Å². The summed E-state index contributed by atoms with van der Waals surface area (Å²) in [6, 6.07) is 0.861. The van der Waals surface area contributed by atoms with E-state index < -0.39 is 0 Å². The molecule has 0 bridgehead atoms. The standard InChI is InChI=1S/C9H18N2/c1-8-3-5-11(7-8)9-2-4-10-6-9/h8-10H,2-7H2,1H3/t8-,9+/m0/s1. The highest BCUT2D eigenvalue weighted by Crippen LogP contribution is 2.20. The monoisotopic (exact) mass is 154 g/mol. The zero-order valence-electron chi connectivity index (χ0n) is 7.34. The Morgan fingerprint density at radius 3 is 2.82 bits per heavy atom. The summed E-state index contributed by atoms with van der Waals surface area (Å²) in [5.41, 5.74) is 0. The second-order valence-corrected chi connectivity index (χ2v) is 4.04. The second-order valence-electron chi connectivity index (χ2n) is 4.04. The Labute approximate surface area is 69.0 Å². The fourth-order valence-corrected chi connectivity index (χ4v) is 2.25. The van der Waals surface area contributed by atoms with Gasteiger partial charge in [-0.05, 0) is 31.8 Å². The lowest BCUT2D eigenvalue weighted by Crippen LogP contribution is -2.34. The van der Waals surface area contributed by atoms with Crippen molar-refractivity contribution in [2.75, 3.05) is 26.2 Å². The molecule has 2 aliphatic heterocycles. The maximum Gasteiger partial charge on any atom is 0.0232 e. The van der Waals surface area contributed by atoms with Gasteiger partial charge in [0.05, 0.1) is 0 Å². The van der Waals surface area contributed by atoms with Crippen LogP contribution in [-0.2, 0) is 0 Å². The number of nitrogens with one attached hydrogen (secondary N) is 1. The van der Waals surface area contributed by atoms with Crippen molar-refractivity contribution in [3.8, 4) is 0 Å². The Balaban J connectivity index is 1.85. The van der Waals surface area contributed by atoms with Gasteiger partial charge in [0.15, 0.2) is 0 Å². The maximum absolute atomic E-state index is 3.42. The molecular weight excluding hydrogens is 136 g/mol. The smallest absolute Gasteiger partial charge is 0.0232 e. The Kier molecular flexibility index (Phi) is 2.14. The highest BCUT2D eigenvalue weighted by Gasteiger charge is 2.27. The predicted molar refractivity (Wildman–Crippen MR) is 46.6 cm³/mol. The zero-order valence-corrected chi connectivity index (χ0v) is 7.34. The van der Waals surface area contributed by atoms with Crippen molar-refractivity contribution in [3.63, 3.8) is 0 Å². The molecule has 2 aliphatic rings. The number of rotatable bonds is 1. The number of nitrogens with zero attached hydrogens (tertiary/aromatic N) is 1. The fraction of sp³-hybridized carbons (Fsp3) is 1.00. The molecule has 11 heavy (non-hydrogen) atoms. The molecule has 1 N–H and O–H groups in total. The van der Waals surface area contributed by atoms with E-state index in [1.54, 1.807) is 0 Å². The molecule has 2 nitrogen and oxygen atoms in total. The van der Waals surface area contributed by atoms with Crippen molar-refractivity contribution >= 4 is 0 Å². The van der Waals surface area contributed by atoms with Gasteiger partial charge in [0.25, 0.3) is 0 Å². The average Bonchev–Trinajstić information content (AvgIpc) is 2.55. The molecule has 0 aliphatic carbocycles. The third-order valence-corrected chi connectivity index (χ3v) is 3.01. The number of hydrogen-bond acceptors (Lipinski definition) is 2. The van der Waals surface area contributed by atoms with Crippen molar-refractivity contribution in [3.05, 3.63) is 0 Å². The van der Waals surface area contributed by atoms with Crippen LogP contribution in [0.15, 0.2) is 0 Å². The van der Waals surface area contributed by atoms with Crippen LogP contribution >= 0.6 is 0 Å². The van der Waals surface area contributed by atoms with Crippen molar-refractivity contribution in [2.45, 2.75) is 25.8 Å². The first-order valence-electron chi connectivity index (χ1n) is 4.81. The molecule has 2 heteroatoms. The lowest BCUT2D eigenvalue weighted by Gasteiger charge is -2.22. The molecule has 0 radical (unpaired) electrons. The predicted octanol–water partition coefficient (Wildman–Crippen LogP) is 0.690. The van der Waals surface area contributed by atoms with Crippen LogP contribution in [0.1, 0.15) is 19.8 Å². The van der Waals surface area contributed by atoms with E-state index in [1.165, 1.54) is 39.0 Å². The Hall–Kier alpha value is -0.0800. The van der Waals surface area contributed by atoms with Crippen molar-refractivity contribution < 1.29 is 0 Å². The van der Waals surface area contributed by atoms with E-state index >= 15 is 0 Å². The molecule has 2 rings (SSSR count). The molecule has 2 atom stereocenters. The summed E-state index contributed by atoms with van der Waals surface area (Å²) in [5, 5.41) is 3.42. The van der Waals surface area contributed by atoms with Crippen LogP contribution in [0, 0.1) is 5.92 Å². The molecular formula is C9H18N2. The van der Waals surface area contributed by atoms with E-state index in [9.17, 15) is 0 Å². The zero-order chi connectivity index (χ0) is 7.68. The van der Waals surface area contributed by atoms with Crippen molar-refractivity contribution in [1.29, 1.82) is 0 Å². The first kappa shape index (κ1) is 7.56. The van der Waals surface area contributed by atoms with Gasteiger partial charge >= 0.3 is 0 Å². The molecule has 0 unspecified atom stereocenters. The van der Waals surface area contributed by atoms with Gasteiger partial charge in [-0.1, -0.05) is 6.92 Å². The lowest BCUT2D eigenvalue weighted by molar-refractivity contribution is 0.251. The Morgan fingerprint density at radius 2 is 2.27 bits per heavy atom. The number of likely N-dealkylation sites (tertiary alicyclic amines) is 1. The summed E-state index contributed by atoms with van der Waals surface area (Å²) >= 11 is 0. The van der Waals surface area contributed by atoms with Gasteiger partial charge < -0.3 is 5.32 Å².